The second kappa shape index (κ2) is 31.3. The molecule has 0 aromatic heterocycles. The van der Waals surface area contributed by atoms with Crippen molar-refractivity contribution in [2.24, 2.45) is 35.3 Å². The maximum atomic E-state index is 14.5. The normalized spacial score (nSPS) is 18.6. The van der Waals surface area contributed by atoms with Crippen molar-refractivity contribution in [3.63, 3.8) is 0 Å². The third-order valence-electron chi connectivity index (χ3n) is 15.3. The van der Waals surface area contributed by atoms with Gasteiger partial charge >= 0.3 is 0 Å². The summed E-state index contributed by atoms with van der Waals surface area (Å²) in [6.07, 6.45) is 2.01. The van der Waals surface area contributed by atoms with Crippen molar-refractivity contribution in [3.05, 3.63) is 0 Å². The Balaban J connectivity index is 2.32. The van der Waals surface area contributed by atoms with Crippen LogP contribution < -0.4 is 53.6 Å². The molecule has 466 valence electrons. The molecule has 2 aliphatic rings. The van der Waals surface area contributed by atoms with Crippen LogP contribution in [0.15, 0.2) is 0 Å². The maximum Gasteiger partial charge on any atom is 0.248 e. The van der Waals surface area contributed by atoms with Gasteiger partial charge in [-0.3, -0.25) is 57.5 Å². The highest BCUT2D eigenvalue weighted by Crippen LogP contribution is 2.25. The molecule has 0 unspecified atom stereocenters. The molecule has 0 radical (unpaired) electrons. The lowest BCUT2D eigenvalue weighted by molar-refractivity contribution is -0.146. The number of rotatable bonds is 31. The minimum atomic E-state index is -1.66. The lowest BCUT2D eigenvalue weighted by Gasteiger charge is -2.36. The molecule has 2 saturated heterocycles. The van der Waals surface area contributed by atoms with Crippen LogP contribution in [0.3, 0.4) is 0 Å². The first kappa shape index (κ1) is 71.7. The van der Waals surface area contributed by atoms with Crippen LogP contribution in [0.5, 0.6) is 0 Å². The molecule has 0 bridgehead atoms. The molecule has 25 heteroatoms. The first-order valence-corrected chi connectivity index (χ1v) is 29.1. The van der Waals surface area contributed by atoms with Gasteiger partial charge in [0.25, 0.3) is 0 Å². The van der Waals surface area contributed by atoms with Crippen LogP contribution in [-0.2, 0) is 57.5 Å². The number of hydrogen-bond acceptors (Lipinski definition) is 13. The van der Waals surface area contributed by atoms with Crippen molar-refractivity contribution < 1.29 is 62.6 Å². The second-order valence-electron chi connectivity index (χ2n) is 25.2. The van der Waals surface area contributed by atoms with Crippen molar-refractivity contribution in [2.45, 2.75) is 240 Å². The monoisotopic (exact) mass is 1160 g/mol. The standard InChI is InChI=1S/C57H100N12O13/c1-18-33(9)43(63-45(73)38(28-42(58)72)62-52(80)55(12,13)65-35(11)71)50(78)59-36(26-30(3)4)46(74)67-57(16,17)54(82)69-25-21-23-41(69)49(77)64-44(34(10)19-2)51(79)60-37(27-31(5)6)47(75)66-56(14,15)53(81)68-24-20-22-40(68)48(76)61-39(29-70)32(7)8/h30-34,36-41,43-44,70H,18-29H2,1-17H3,(H2,58,72)(H,59,78)(H,60,79)(H,61,76)(H,62,80)(H,63,73)(H,64,77)(H,65,71)(H,66,75)(H,67,74)/t33-,34-,36-,37+,38+,39+,40+,41-,43-,44-/m0/s1. The van der Waals surface area contributed by atoms with Gasteiger partial charge in [-0.05, 0) is 110 Å². The summed E-state index contributed by atoms with van der Waals surface area (Å²) < 4.78 is 0. The Morgan fingerprint density at radius 3 is 1.28 bits per heavy atom. The highest BCUT2D eigenvalue weighted by Gasteiger charge is 2.46. The molecule has 2 heterocycles. The molecule has 10 atom stereocenters. The molecule has 0 aromatic rings. The molecule has 2 aliphatic heterocycles. The number of aliphatic hydroxyl groups is 1. The smallest absolute Gasteiger partial charge is 0.248 e. The summed E-state index contributed by atoms with van der Waals surface area (Å²) in [6.45, 7) is 28.2. The van der Waals surface area contributed by atoms with Gasteiger partial charge < -0.3 is 68.5 Å². The van der Waals surface area contributed by atoms with Crippen LogP contribution in [0.2, 0.25) is 0 Å². The molecular weight excluding hydrogens is 1060 g/mol. The number of hydrogen-bond donors (Lipinski definition) is 11. The van der Waals surface area contributed by atoms with E-state index >= 15 is 0 Å². The molecule has 12 amide bonds. The van der Waals surface area contributed by atoms with Gasteiger partial charge in [-0.15, -0.1) is 0 Å². The van der Waals surface area contributed by atoms with Gasteiger partial charge in [-0.25, -0.2) is 0 Å². The Morgan fingerprint density at radius 1 is 0.524 bits per heavy atom. The van der Waals surface area contributed by atoms with E-state index in [1.54, 1.807) is 20.8 Å². The molecule has 12 N–H and O–H groups in total. The largest absolute Gasteiger partial charge is 0.394 e. The number of aliphatic hydroxyl groups excluding tert-OH is 1. The highest BCUT2D eigenvalue weighted by molar-refractivity contribution is 6.01. The van der Waals surface area contributed by atoms with Gasteiger partial charge in [0.15, 0.2) is 0 Å². The fourth-order valence-corrected chi connectivity index (χ4v) is 9.96. The Bertz CT molecular complexity index is 2300. The highest BCUT2D eigenvalue weighted by atomic mass is 16.3. The number of carbonyl (C=O) groups is 12. The van der Waals surface area contributed by atoms with E-state index in [0.717, 1.165) is 0 Å². The average molecular weight is 1160 g/mol. The molecule has 2 fully saturated rings. The summed E-state index contributed by atoms with van der Waals surface area (Å²) in [6, 6.07) is -8.76. The first-order chi connectivity index (χ1) is 37.8. The summed E-state index contributed by atoms with van der Waals surface area (Å²) in [4.78, 5) is 167. The van der Waals surface area contributed by atoms with E-state index in [-0.39, 0.29) is 56.7 Å². The van der Waals surface area contributed by atoms with Crippen LogP contribution in [0.1, 0.15) is 175 Å². The zero-order valence-corrected chi connectivity index (χ0v) is 51.8. The van der Waals surface area contributed by atoms with Crippen LogP contribution in [0, 0.1) is 29.6 Å². The third kappa shape index (κ3) is 20.8. The number of nitrogens with one attached hydrogen (secondary N) is 9. The number of carbonyl (C=O) groups excluding carboxylic acids is 12. The predicted octanol–water partition coefficient (Wildman–Crippen LogP) is 0.290. The second-order valence-corrected chi connectivity index (χ2v) is 25.2. The Morgan fingerprint density at radius 2 is 0.927 bits per heavy atom. The van der Waals surface area contributed by atoms with E-state index in [0.29, 0.717) is 32.1 Å². The van der Waals surface area contributed by atoms with E-state index in [1.807, 2.05) is 48.5 Å². The maximum absolute atomic E-state index is 14.5. The zero-order chi connectivity index (χ0) is 62.9. The van der Waals surface area contributed by atoms with Gasteiger partial charge in [-0.2, -0.15) is 0 Å². The molecule has 0 saturated carbocycles. The zero-order valence-electron chi connectivity index (χ0n) is 51.8. The molecule has 82 heavy (non-hydrogen) atoms. The summed E-state index contributed by atoms with van der Waals surface area (Å²) in [5.41, 5.74) is 0.769. The SMILES string of the molecule is CC[C@H](C)[C@H](NC(=O)[C@@H](CC(N)=O)NC(=O)C(C)(C)NC(C)=O)C(=O)N[C@@H](CC(C)C)C(=O)NC(C)(C)C(=O)N1CCC[C@H]1C(=O)N[C@H](C(=O)N[C@H](CC(C)C)C(=O)NC(C)(C)C(=O)N1CCC[C@@H]1C(=O)N[C@H](CO)C(C)C)[C@@H](C)CC. The summed E-state index contributed by atoms with van der Waals surface area (Å²) >= 11 is 0. The third-order valence-corrected chi connectivity index (χ3v) is 15.3. The minimum absolute atomic E-state index is 0.0537. The van der Waals surface area contributed by atoms with E-state index in [2.05, 4.69) is 47.9 Å². The quantitative estimate of drug-likeness (QED) is 0.0445. The Hall–Kier alpha value is -6.40. The van der Waals surface area contributed by atoms with Crippen LogP contribution >= 0.6 is 0 Å². The molecular formula is C57H100N12O13. The first-order valence-electron chi connectivity index (χ1n) is 29.1. The molecule has 25 nitrogen and oxygen atoms in total. The van der Waals surface area contributed by atoms with Crippen LogP contribution in [0.4, 0.5) is 0 Å². The number of nitrogens with two attached hydrogens (primary N) is 1. The molecule has 2 rings (SSSR count). The lowest BCUT2D eigenvalue weighted by atomic mass is 9.95. The van der Waals surface area contributed by atoms with Crippen LogP contribution in [-0.4, -0.2) is 170 Å². The van der Waals surface area contributed by atoms with E-state index in [4.69, 9.17) is 5.73 Å². The Labute approximate surface area is 485 Å². The van der Waals surface area contributed by atoms with Gasteiger partial charge in [-0.1, -0.05) is 82.1 Å². The number of likely N-dealkylation sites (tertiary alicyclic amines) is 2. The van der Waals surface area contributed by atoms with Crippen molar-refractivity contribution in [2.75, 3.05) is 19.7 Å². The van der Waals surface area contributed by atoms with E-state index in [9.17, 15) is 62.6 Å². The molecule has 0 aromatic carbocycles. The average Bonchev–Trinajstić information content (AvgIpc) is 4.07. The van der Waals surface area contributed by atoms with Crippen molar-refractivity contribution in [1.29, 1.82) is 0 Å². The van der Waals surface area contributed by atoms with Crippen molar-refractivity contribution in [3.8, 4) is 0 Å². The fourth-order valence-electron chi connectivity index (χ4n) is 9.96. The minimum Gasteiger partial charge on any atom is -0.394 e. The van der Waals surface area contributed by atoms with Crippen LogP contribution in [0.25, 0.3) is 0 Å². The summed E-state index contributed by atoms with van der Waals surface area (Å²) in [7, 11) is 0. The van der Waals surface area contributed by atoms with Gasteiger partial charge in [0.1, 0.15) is 58.9 Å². The van der Waals surface area contributed by atoms with Crippen molar-refractivity contribution in [1.82, 2.24) is 57.7 Å². The molecule has 0 spiro atoms. The summed E-state index contributed by atoms with van der Waals surface area (Å²) in [5, 5.41) is 34.1. The number of nitrogens with zero attached hydrogens (tertiary/aromatic N) is 2. The lowest BCUT2D eigenvalue weighted by Crippen LogP contribution is -2.64. The number of amides is 12. The fraction of sp³-hybridized carbons (Fsp3) is 0.789. The Kier molecular flexibility index (Phi) is 27.4. The van der Waals surface area contributed by atoms with E-state index < -0.39 is 154 Å². The topological polar surface area (TPSA) is 366 Å². The predicted molar refractivity (Wildman–Crippen MR) is 307 cm³/mol. The summed E-state index contributed by atoms with van der Waals surface area (Å²) in [5.74, 6) is -9.50. The van der Waals surface area contributed by atoms with Gasteiger partial charge in [0, 0.05) is 20.0 Å². The van der Waals surface area contributed by atoms with E-state index in [1.165, 1.54) is 58.3 Å². The number of primary amides is 1. The van der Waals surface area contributed by atoms with Gasteiger partial charge in [0.2, 0.25) is 70.9 Å². The van der Waals surface area contributed by atoms with Crippen molar-refractivity contribution >= 4 is 70.9 Å². The van der Waals surface area contributed by atoms with Gasteiger partial charge in [0.05, 0.1) is 19.1 Å². The molecule has 0 aliphatic carbocycles.